The lowest BCUT2D eigenvalue weighted by atomic mass is 10.1. The molecule has 0 amide bonds. The van der Waals surface area contributed by atoms with Gasteiger partial charge in [-0.25, -0.2) is 19.3 Å². The normalized spacial score (nSPS) is 16.9. The fraction of sp³-hybridized carbons (Fsp3) is 0.222. The second-order valence-electron chi connectivity index (χ2n) is 6.24. The van der Waals surface area contributed by atoms with Crippen molar-refractivity contribution in [1.82, 2.24) is 19.9 Å². The number of nitrogens with one attached hydrogen (secondary N) is 1. The van der Waals surface area contributed by atoms with Gasteiger partial charge in [-0.2, -0.15) is 8.42 Å². The molecule has 8 nitrogen and oxygen atoms in total. The second kappa shape index (κ2) is 7.49. The van der Waals surface area contributed by atoms with Gasteiger partial charge in [-0.1, -0.05) is 0 Å². The van der Waals surface area contributed by atoms with E-state index in [9.17, 15) is 12.8 Å². The molecular weight excluding hydrogens is 385 g/mol. The Balaban J connectivity index is 1.82. The Morgan fingerprint density at radius 2 is 1.96 bits per heavy atom. The van der Waals surface area contributed by atoms with Crippen molar-refractivity contribution >= 4 is 21.1 Å². The Hall–Kier alpha value is -3.11. The van der Waals surface area contributed by atoms with Crippen molar-refractivity contribution in [2.45, 2.75) is 18.9 Å². The maximum absolute atomic E-state index is 13.3. The van der Waals surface area contributed by atoms with E-state index < -0.39 is 16.4 Å². The number of aromatic nitrogens is 4. The van der Waals surface area contributed by atoms with Gasteiger partial charge < -0.3 is 15.5 Å². The van der Waals surface area contributed by atoms with Crippen LogP contribution in [0, 0.1) is 5.82 Å². The third-order valence-electron chi connectivity index (χ3n) is 4.42. The summed E-state index contributed by atoms with van der Waals surface area (Å²) < 4.78 is 41.7. The number of hydrogen-bond acceptors (Lipinski definition) is 7. The number of nitrogens with two attached hydrogens (primary N) is 1. The van der Waals surface area contributed by atoms with Crippen LogP contribution in [0.15, 0.2) is 36.5 Å². The van der Waals surface area contributed by atoms with E-state index in [0.29, 0.717) is 39.8 Å². The van der Waals surface area contributed by atoms with E-state index in [1.807, 2.05) is 0 Å². The first-order chi connectivity index (χ1) is 13.5. The molecule has 28 heavy (non-hydrogen) atoms. The summed E-state index contributed by atoms with van der Waals surface area (Å²) in [6.45, 7) is 0.288. The quantitative estimate of drug-likeness (QED) is 0.645. The van der Waals surface area contributed by atoms with E-state index >= 15 is 0 Å². The van der Waals surface area contributed by atoms with Gasteiger partial charge in [-0.05, 0) is 30.3 Å². The number of nitrogens with zero attached hydrogens (tertiary/aromatic N) is 3. The van der Waals surface area contributed by atoms with Crippen LogP contribution < -0.4 is 5.73 Å². The van der Waals surface area contributed by atoms with Crippen molar-refractivity contribution in [2.75, 3.05) is 12.3 Å². The molecule has 1 unspecified atom stereocenters. The molecule has 4 rings (SSSR count). The zero-order valence-corrected chi connectivity index (χ0v) is 15.4. The Morgan fingerprint density at radius 1 is 1.18 bits per heavy atom. The van der Waals surface area contributed by atoms with Crippen LogP contribution in [0.5, 0.6) is 0 Å². The van der Waals surface area contributed by atoms with Crippen LogP contribution in [0.25, 0.3) is 22.6 Å². The maximum atomic E-state index is 13.3. The average Bonchev–Trinajstić information content (AvgIpc) is 3.14. The van der Waals surface area contributed by atoms with Crippen molar-refractivity contribution < 1.29 is 17.5 Å². The lowest BCUT2D eigenvalue weighted by Crippen LogP contribution is -2.21. The highest BCUT2D eigenvalue weighted by Crippen LogP contribution is 2.33. The molecule has 3 aromatic rings. The maximum Gasteiger partial charge on any atom is 0.220 e. The minimum absolute atomic E-state index is 0.102. The number of aromatic amines is 1. The minimum atomic E-state index is -2.26. The van der Waals surface area contributed by atoms with E-state index in [1.54, 1.807) is 18.2 Å². The molecule has 3 heterocycles. The summed E-state index contributed by atoms with van der Waals surface area (Å²) in [6, 6.07) is 7.56. The summed E-state index contributed by atoms with van der Waals surface area (Å²) in [6.07, 6.45) is 1.58. The topological polar surface area (TPSA) is 124 Å². The van der Waals surface area contributed by atoms with E-state index in [-0.39, 0.29) is 24.8 Å². The second-order valence-corrected chi connectivity index (χ2v) is 7.29. The molecule has 0 radical (unpaired) electrons. The fourth-order valence-electron chi connectivity index (χ4n) is 3.07. The molecule has 10 heteroatoms. The first kappa shape index (κ1) is 18.3. The molecule has 1 aromatic carbocycles. The van der Waals surface area contributed by atoms with Crippen LogP contribution in [0.4, 0.5) is 10.3 Å². The third-order valence-corrected chi connectivity index (χ3v) is 5.27. The van der Waals surface area contributed by atoms with Gasteiger partial charge in [0.05, 0.1) is 28.6 Å². The van der Waals surface area contributed by atoms with Crippen molar-refractivity contribution in [3.63, 3.8) is 0 Å². The predicted octanol–water partition coefficient (Wildman–Crippen LogP) is 2.16. The number of anilines is 1. The van der Waals surface area contributed by atoms with Gasteiger partial charge >= 0.3 is 0 Å². The number of benzene rings is 1. The third kappa shape index (κ3) is 3.64. The number of ether oxygens (including phenoxy) is 1. The Kier molecular flexibility index (Phi) is 4.88. The lowest BCUT2D eigenvalue weighted by Gasteiger charge is -2.20. The fourth-order valence-corrected chi connectivity index (χ4v) is 3.61. The molecule has 3 N–H and O–H groups in total. The Bertz CT molecular complexity index is 1150. The molecule has 0 saturated carbocycles. The van der Waals surface area contributed by atoms with Crippen LogP contribution in [0.3, 0.4) is 0 Å². The summed E-state index contributed by atoms with van der Waals surface area (Å²) in [7, 11) is -2.26. The van der Waals surface area contributed by atoms with Crippen LogP contribution in [-0.4, -0.2) is 39.8 Å². The first-order valence-corrected chi connectivity index (χ1v) is 9.59. The average molecular weight is 401 g/mol. The summed E-state index contributed by atoms with van der Waals surface area (Å²) in [5.41, 5.74) is 7.98. The van der Waals surface area contributed by atoms with E-state index in [4.69, 9.17) is 10.5 Å². The van der Waals surface area contributed by atoms with Crippen LogP contribution in [-0.2, 0) is 15.0 Å². The molecule has 2 aromatic heterocycles. The highest BCUT2D eigenvalue weighted by atomic mass is 32.2. The summed E-state index contributed by atoms with van der Waals surface area (Å²) in [5.74, 6) is 0.208. The van der Waals surface area contributed by atoms with Gasteiger partial charge in [0.15, 0.2) is 0 Å². The van der Waals surface area contributed by atoms with Crippen LogP contribution in [0.1, 0.15) is 24.8 Å². The van der Waals surface area contributed by atoms with Gasteiger partial charge in [0.25, 0.3) is 0 Å². The number of H-pyrrole nitrogens is 1. The standard InChI is InChI=1S/C18H16FN5O3S/c19-11-3-1-10(2-4-11)15-16(13-5-7-21-18(20)22-13)24-17(23-15)14-9-12(28(25)26)6-8-27-14/h1-5,7,14H,6,8-9H2,(H,23,24)(H2,20,21,22). The van der Waals surface area contributed by atoms with Gasteiger partial charge in [0, 0.05) is 24.6 Å². The van der Waals surface area contributed by atoms with Gasteiger partial charge in [0.1, 0.15) is 17.7 Å². The zero-order chi connectivity index (χ0) is 19.7. The molecule has 0 bridgehead atoms. The zero-order valence-electron chi connectivity index (χ0n) is 14.6. The molecule has 144 valence electrons. The highest BCUT2D eigenvalue weighted by Gasteiger charge is 2.26. The summed E-state index contributed by atoms with van der Waals surface area (Å²) >= 11 is 0. The molecule has 1 aliphatic heterocycles. The van der Waals surface area contributed by atoms with Crippen LogP contribution >= 0.6 is 0 Å². The largest absolute Gasteiger partial charge is 0.370 e. The predicted molar refractivity (Wildman–Crippen MR) is 101 cm³/mol. The Labute approximate surface area is 161 Å². The first-order valence-electron chi connectivity index (χ1n) is 8.51. The number of nitrogen functional groups attached to an aromatic ring is 1. The molecule has 0 spiro atoms. The van der Waals surface area contributed by atoms with Gasteiger partial charge in [0.2, 0.25) is 16.2 Å². The molecule has 0 aliphatic carbocycles. The number of rotatable bonds is 3. The summed E-state index contributed by atoms with van der Waals surface area (Å²) in [5, 5.41) is 0. The summed E-state index contributed by atoms with van der Waals surface area (Å²) in [4.78, 5) is 16.3. The Morgan fingerprint density at radius 3 is 2.68 bits per heavy atom. The molecule has 1 saturated heterocycles. The van der Waals surface area contributed by atoms with Crippen molar-refractivity contribution in [3.8, 4) is 22.6 Å². The van der Waals surface area contributed by atoms with Crippen molar-refractivity contribution in [1.29, 1.82) is 0 Å². The van der Waals surface area contributed by atoms with Crippen molar-refractivity contribution in [3.05, 3.63) is 48.2 Å². The lowest BCUT2D eigenvalue weighted by molar-refractivity contribution is 0.0453. The number of imidazole rings is 1. The molecular formula is C18H16FN5O3S. The van der Waals surface area contributed by atoms with E-state index in [2.05, 4.69) is 19.9 Å². The number of halogens is 1. The van der Waals surface area contributed by atoms with E-state index in [1.165, 1.54) is 18.3 Å². The van der Waals surface area contributed by atoms with E-state index in [0.717, 1.165) is 0 Å². The SMILES string of the molecule is Nc1nccc(-c2[nH]c(C3CC(=S(=O)=O)CCO3)nc2-c2ccc(F)cc2)n1. The smallest absolute Gasteiger partial charge is 0.220 e. The van der Waals surface area contributed by atoms with Crippen molar-refractivity contribution in [2.24, 2.45) is 0 Å². The molecule has 1 aliphatic rings. The van der Waals surface area contributed by atoms with Gasteiger partial charge in [-0.3, -0.25) is 0 Å². The monoisotopic (exact) mass is 401 g/mol. The minimum Gasteiger partial charge on any atom is -0.370 e. The molecule has 1 atom stereocenters. The van der Waals surface area contributed by atoms with Crippen LogP contribution in [0.2, 0.25) is 0 Å². The van der Waals surface area contributed by atoms with Gasteiger partial charge in [-0.15, -0.1) is 0 Å². The number of hydrogen-bond donors (Lipinski definition) is 2. The molecule has 1 fully saturated rings. The highest BCUT2D eigenvalue weighted by molar-refractivity contribution is 7.73.